The highest BCUT2D eigenvalue weighted by Gasteiger charge is 2.17. The van der Waals surface area contributed by atoms with Crippen LogP contribution in [0.15, 0.2) is 18.2 Å². The van der Waals surface area contributed by atoms with E-state index in [1.54, 1.807) is 13.0 Å². The van der Waals surface area contributed by atoms with Gasteiger partial charge in [-0.05, 0) is 19.1 Å². The molecule has 1 rings (SSSR count). The van der Waals surface area contributed by atoms with Crippen LogP contribution in [0.25, 0.3) is 0 Å². The van der Waals surface area contributed by atoms with Crippen LogP contribution >= 0.6 is 23.2 Å². The Morgan fingerprint density at radius 1 is 1.54 bits per heavy atom. The molecule has 0 saturated heterocycles. The topological polar surface area (TPSA) is 37.3 Å². The van der Waals surface area contributed by atoms with E-state index in [1.165, 1.54) is 12.1 Å². The molecule has 70 valence electrons. The number of hydrogen-bond donors (Lipinski definition) is 1. The SMILES string of the molecule is CC(Cl)C(=O)c1cccc(Cl)c1O. The number of para-hydroxylation sites is 1. The van der Waals surface area contributed by atoms with E-state index in [0.29, 0.717) is 0 Å². The van der Waals surface area contributed by atoms with Gasteiger partial charge in [0, 0.05) is 0 Å². The summed E-state index contributed by atoms with van der Waals surface area (Å²) in [5.41, 5.74) is 0.162. The lowest BCUT2D eigenvalue weighted by Gasteiger charge is -2.05. The summed E-state index contributed by atoms with van der Waals surface area (Å²) < 4.78 is 0. The Morgan fingerprint density at radius 2 is 2.15 bits per heavy atom. The number of phenols is 1. The largest absolute Gasteiger partial charge is 0.506 e. The fraction of sp³-hybridized carbons (Fsp3) is 0.222. The summed E-state index contributed by atoms with van der Waals surface area (Å²) in [6.45, 7) is 1.55. The van der Waals surface area contributed by atoms with Crippen molar-refractivity contribution >= 4 is 29.0 Å². The highest BCUT2D eigenvalue weighted by Crippen LogP contribution is 2.28. The Hall–Kier alpha value is -0.730. The molecule has 0 aromatic heterocycles. The highest BCUT2D eigenvalue weighted by atomic mass is 35.5. The maximum absolute atomic E-state index is 11.4. The first kappa shape index (κ1) is 10.4. The van der Waals surface area contributed by atoms with Crippen LogP contribution in [0.3, 0.4) is 0 Å². The van der Waals surface area contributed by atoms with Crippen LogP contribution in [0.2, 0.25) is 5.02 Å². The van der Waals surface area contributed by atoms with E-state index in [4.69, 9.17) is 23.2 Å². The lowest BCUT2D eigenvalue weighted by molar-refractivity contribution is 0.0989. The minimum Gasteiger partial charge on any atom is -0.506 e. The van der Waals surface area contributed by atoms with Crippen LogP contribution in [0.5, 0.6) is 5.75 Å². The van der Waals surface area contributed by atoms with E-state index in [-0.39, 0.29) is 22.1 Å². The van der Waals surface area contributed by atoms with Crippen molar-refractivity contribution < 1.29 is 9.90 Å². The Morgan fingerprint density at radius 3 is 2.69 bits per heavy atom. The summed E-state index contributed by atoms with van der Waals surface area (Å²) in [7, 11) is 0. The second-order valence-corrected chi connectivity index (χ2v) is 3.68. The fourth-order valence-corrected chi connectivity index (χ4v) is 1.22. The molecule has 1 atom stereocenters. The molecule has 0 amide bonds. The number of hydrogen-bond acceptors (Lipinski definition) is 2. The predicted molar refractivity (Wildman–Crippen MR) is 52.8 cm³/mol. The van der Waals surface area contributed by atoms with Crippen LogP contribution in [0, 0.1) is 0 Å². The molecule has 0 fully saturated rings. The number of carbonyl (C=O) groups excluding carboxylic acids is 1. The Labute approximate surface area is 86.1 Å². The molecule has 1 aromatic carbocycles. The van der Waals surface area contributed by atoms with Crippen molar-refractivity contribution in [3.63, 3.8) is 0 Å². The normalized spacial score (nSPS) is 12.5. The van der Waals surface area contributed by atoms with Gasteiger partial charge < -0.3 is 5.11 Å². The van der Waals surface area contributed by atoms with Gasteiger partial charge in [0.2, 0.25) is 0 Å². The molecule has 0 aliphatic heterocycles. The summed E-state index contributed by atoms with van der Waals surface area (Å²) in [5, 5.41) is 8.90. The molecular formula is C9H8Cl2O2. The molecular weight excluding hydrogens is 211 g/mol. The van der Waals surface area contributed by atoms with Gasteiger partial charge in [0.1, 0.15) is 5.75 Å². The quantitative estimate of drug-likeness (QED) is 0.613. The summed E-state index contributed by atoms with van der Waals surface area (Å²) in [6, 6.07) is 4.59. The van der Waals surface area contributed by atoms with Crippen molar-refractivity contribution in [2.24, 2.45) is 0 Å². The zero-order chi connectivity index (χ0) is 10.0. The van der Waals surface area contributed by atoms with Crippen molar-refractivity contribution in [2.45, 2.75) is 12.3 Å². The second kappa shape index (κ2) is 3.99. The standard InChI is InChI=1S/C9H8Cl2O2/c1-5(10)8(12)6-3-2-4-7(11)9(6)13/h2-5,13H,1H3. The van der Waals surface area contributed by atoms with Crippen LogP contribution in [-0.2, 0) is 0 Å². The van der Waals surface area contributed by atoms with Crippen molar-refractivity contribution in [1.29, 1.82) is 0 Å². The molecule has 0 radical (unpaired) electrons. The lowest BCUT2D eigenvalue weighted by atomic mass is 10.1. The Kier molecular flexibility index (Phi) is 3.17. The molecule has 1 aromatic rings. The first-order chi connectivity index (χ1) is 6.04. The van der Waals surface area contributed by atoms with Crippen molar-refractivity contribution in [2.75, 3.05) is 0 Å². The van der Waals surface area contributed by atoms with Gasteiger partial charge in [-0.3, -0.25) is 4.79 Å². The predicted octanol–water partition coefficient (Wildman–Crippen LogP) is 2.86. The van der Waals surface area contributed by atoms with Gasteiger partial charge in [-0.1, -0.05) is 17.7 Å². The minimum atomic E-state index is -0.663. The highest BCUT2D eigenvalue weighted by molar-refractivity contribution is 6.36. The molecule has 2 nitrogen and oxygen atoms in total. The van der Waals surface area contributed by atoms with Crippen LogP contribution < -0.4 is 0 Å². The van der Waals surface area contributed by atoms with E-state index in [9.17, 15) is 9.90 Å². The molecule has 0 aliphatic carbocycles. The number of phenolic OH excluding ortho intramolecular Hbond substituents is 1. The van der Waals surface area contributed by atoms with Gasteiger partial charge in [-0.25, -0.2) is 0 Å². The zero-order valence-electron chi connectivity index (χ0n) is 6.92. The number of carbonyl (C=O) groups is 1. The third kappa shape index (κ3) is 2.14. The van der Waals surface area contributed by atoms with Crippen molar-refractivity contribution in [3.8, 4) is 5.75 Å². The average molecular weight is 219 g/mol. The van der Waals surface area contributed by atoms with E-state index in [1.807, 2.05) is 0 Å². The number of Topliss-reactive ketones (excluding diaryl/α,β-unsaturated/α-hetero) is 1. The summed E-state index contributed by atoms with van der Waals surface area (Å²) in [5.74, 6) is -0.539. The van der Waals surface area contributed by atoms with Crippen LogP contribution in [-0.4, -0.2) is 16.3 Å². The molecule has 0 heterocycles. The molecule has 0 spiro atoms. The van der Waals surface area contributed by atoms with Gasteiger partial charge in [0.15, 0.2) is 5.78 Å². The molecule has 0 aliphatic rings. The Balaban J connectivity index is 3.15. The number of aromatic hydroxyl groups is 1. The lowest BCUT2D eigenvalue weighted by Crippen LogP contribution is -2.10. The molecule has 0 bridgehead atoms. The molecule has 1 N–H and O–H groups in total. The van der Waals surface area contributed by atoms with E-state index in [0.717, 1.165) is 0 Å². The van der Waals surface area contributed by atoms with E-state index in [2.05, 4.69) is 0 Å². The fourth-order valence-electron chi connectivity index (χ4n) is 0.928. The smallest absolute Gasteiger partial charge is 0.184 e. The number of ketones is 1. The van der Waals surface area contributed by atoms with Crippen LogP contribution in [0.1, 0.15) is 17.3 Å². The monoisotopic (exact) mass is 218 g/mol. The number of rotatable bonds is 2. The van der Waals surface area contributed by atoms with Crippen molar-refractivity contribution in [3.05, 3.63) is 28.8 Å². The maximum atomic E-state index is 11.4. The molecule has 4 heteroatoms. The maximum Gasteiger partial charge on any atom is 0.184 e. The minimum absolute atomic E-state index is 0.156. The number of alkyl halides is 1. The number of benzene rings is 1. The molecule has 1 unspecified atom stereocenters. The molecule has 13 heavy (non-hydrogen) atoms. The van der Waals surface area contributed by atoms with Gasteiger partial charge in [0.25, 0.3) is 0 Å². The van der Waals surface area contributed by atoms with Gasteiger partial charge in [-0.2, -0.15) is 0 Å². The summed E-state index contributed by atoms with van der Waals surface area (Å²) in [4.78, 5) is 11.4. The Bertz CT molecular complexity index is 334. The van der Waals surface area contributed by atoms with Gasteiger partial charge in [-0.15, -0.1) is 11.6 Å². The van der Waals surface area contributed by atoms with Gasteiger partial charge >= 0.3 is 0 Å². The summed E-state index contributed by atoms with van der Waals surface area (Å²) in [6.07, 6.45) is 0. The average Bonchev–Trinajstić information content (AvgIpc) is 2.08. The van der Waals surface area contributed by atoms with Crippen LogP contribution in [0.4, 0.5) is 0 Å². The van der Waals surface area contributed by atoms with E-state index < -0.39 is 5.38 Å². The third-order valence-corrected chi connectivity index (χ3v) is 2.12. The molecule has 0 saturated carbocycles. The van der Waals surface area contributed by atoms with Gasteiger partial charge in [0.05, 0.1) is 16.0 Å². The first-order valence-corrected chi connectivity index (χ1v) is 4.51. The van der Waals surface area contributed by atoms with E-state index >= 15 is 0 Å². The summed E-state index contributed by atoms with van der Waals surface area (Å²) >= 11 is 11.2. The number of halogens is 2. The first-order valence-electron chi connectivity index (χ1n) is 3.69. The third-order valence-electron chi connectivity index (χ3n) is 1.61. The second-order valence-electron chi connectivity index (χ2n) is 2.62. The van der Waals surface area contributed by atoms with Crippen molar-refractivity contribution in [1.82, 2.24) is 0 Å². The zero-order valence-corrected chi connectivity index (χ0v) is 8.43.